The van der Waals surface area contributed by atoms with Crippen LogP contribution in [0.1, 0.15) is 18.4 Å². The van der Waals surface area contributed by atoms with Crippen LogP contribution in [-0.2, 0) is 11.8 Å². The zero-order chi connectivity index (χ0) is 20.4. The quantitative estimate of drug-likeness (QED) is 0.548. The minimum absolute atomic E-state index is 0.105. The molecule has 0 saturated carbocycles. The molecule has 0 radical (unpaired) electrons. The summed E-state index contributed by atoms with van der Waals surface area (Å²) in [6.07, 6.45) is 9.37. The number of hydrogen-bond acceptors (Lipinski definition) is 7. The maximum absolute atomic E-state index is 13.1. The van der Waals surface area contributed by atoms with Crippen molar-refractivity contribution in [2.24, 2.45) is 7.05 Å². The first kappa shape index (κ1) is 17.5. The molecule has 2 aliphatic rings. The minimum atomic E-state index is -0.105. The summed E-state index contributed by atoms with van der Waals surface area (Å²) in [7, 11) is 1.76. The lowest BCUT2D eigenvalue weighted by Crippen LogP contribution is -2.55. The fourth-order valence-corrected chi connectivity index (χ4v) is 4.61. The van der Waals surface area contributed by atoms with E-state index in [1.807, 2.05) is 29.8 Å². The van der Waals surface area contributed by atoms with Crippen molar-refractivity contribution in [2.75, 3.05) is 23.5 Å². The summed E-state index contributed by atoms with van der Waals surface area (Å²) >= 11 is 0. The van der Waals surface area contributed by atoms with Crippen molar-refractivity contribution in [3.63, 3.8) is 0 Å². The van der Waals surface area contributed by atoms with Gasteiger partial charge in [-0.25, -0.2) is 14.8 Å². The first-order chi connectivity index (χ1) is 14.6. The Kier molecular flexibility index (Phi) is 3.66. The highest BCUT2D eigenvalue weighted by atomic mass is 16.5. The molecule has 2 atom stereocenters. The van der Waals surface area contributed by atoms with E-state index in [4.69, 9.17) is 9.72 Å². The molecule has 6 rings (SSSR count). The number of rotatable bonds is 3. The SMILES string of the molecule is Cc1cc2nccn2cc1Nc1ncc2c(n1)n(N1C3CCC1COC3)c(=O)n2C. The van der Waals surface area contributed by atoms with Crippen LogP contribution in [0.4, 0.5) is 11.6 Å². The average Bonchev–Trinajstić information content (AvgIpc) is 3.35. The molecule has 2 bridgehead atoms. The van der Waals surface area contributed by atoms with E-state index in [1.54, 1.807) is 28.7 Å². The van der Waals surface area contributed by atoms with Crippen LogP contribution in [0.5, 0.6) is 0 Å². The monoisotopic (exact) mass is 406 g/mol. The van der Waals surface area contributed by atoms with Gasteiger partial charge in [-0.2, -0.15) is 9.66 Å². The van der Waals surface area contributed by atoms with Gasteiger partial charge in [-0.3, -0.25) is 9.58 Å². The molecule has 2 unspecified atom stereocenters. The van der Waals surface area contributed by atoms with Gasteiger partial charge in [0.2, 0.25) is 5.95 Å². The van der Waals surface area contributed by atoms with E-state index in [0.29, 0.717) is 30.3 Å². The number of pyridine rings is 1. The summed E-state index contributed by atoms with van der Waals surface area (Å²) in [4.78, 5) is 26.6. The number of morpholine rings is 1. The predicted molar refractivity (Wildman–Crippen MR) is 112 cm³/mol. The lowest BCUT2D eigenvalue weighted by atomic mass is 10.2. The number of hydrogen-bond donors (Lipinski definition) is 1. The number of ether oxygens (including phenoxy) is 1. The van der Waals surface area contributed by atoms with E-state index in [-0.39, 0.29) is 17.8 Å². The Morgan fingerprint density at radius 2 is 2.00 bits per heavy atom. The second-order valence-electron chi connectivity index (χ2n) is 8.05. The Morgan fingerprint density at radius 3 is 2.80 bits per heavy atom. The van der Waals surface area contributed by atoms with Gasteiger partial charge in [0.1, 0.15) is 11.2 Å². The highest BCUT2D eigenvalue weighted by molar-refractivity contribution is 5.73. The van der Waals surface area contributed by atoms with Crippen molar-refractivity contribution < 1.29 is 4.74 Å². The number of imidazole rings is 2. The Balaban J connectivity index is 1.45. The van der Waals surface area contributed by atoms with E-state index in [1.165, 1.54) is 0 Å². The minimum Gasteiger partial charge on any atom is -0.377 e. The number of anilines is 2. The standard InChI is InChI=1S/C20H22N8O2/c1-12-7-17-21-5-6-26(17)9-15(12)23-19-22-8-16-18(24-19)28(20(29)25(16)2)27-13-3-4-14(27)11-30-10-13/h5-9,13-14H,3-4,10-11H2,1-2H3,(H,22,23,24). The second-order valence-corrected chi connectivity index (χ2v) is 8.05. The molecule has 1 N–H and O–H groups in total. The highest BCUT2D eigenvalue weighted by Gasteiger charge is 2.40. The first-order valence-corrected chi connectivity index (χ1v) is 10.1. The summed E-state index contributed by atoms with van der Waals surface area (Å²) in [5, 5.41) is 5.46. The number of aromatic nitrogens is 6. The number of fused-ring (bicyclic) bond motifs is 4. The number of nitrogens with zero attached hydrogens (tertiary/aromatic N) is 7. The molecule has 154 valence electrons. The normalized spacial score (nSPS) is 21.1. The molecule has 10 heteroatoms. The van der Waals surface area contributed by atoms with E-state index < -0.39 is 0 Å². The van der Waals surface area contributed by atoms with Crippen LogP contribution in [0.2, 0.25) is 0 Å². The van der Waals surface area contributed by atoms with Gasteiger partial charge in [-0.05, 0) is 31.4 Å². The molecule has 2 saturated heterocycles. The molecule has 6 heterocycles. The third kappa shape index (κ3) is 2.46. The van der Waals surface area contributed by atoms with Gasteiger partial charge in [-0.15, -0.1) is 0 Å². The van der Waals surface area contributed by atoms with Crippen LogP contribution in [0.25, 0.3) is 16.8 Å². The predicted octanol–water partition coefficient (Wildman–Crippen LogP) is 1.33. The Morgan fingerprint density at radius 1 is 1.20 bits per heavy atom. The molecular formula is C20H22N8O2. The zero-order valence-electron chi connectivity index (χ0n) is 16.8. The topological polar surface area (TPSA) is 94.5 Å². The maximum atomic E-state index is 13.1. The summed E-state index contributed by atoms with van der Waals surface area (Å²) in [5.41, 5.74) is 4.02. The molecular weight excluding hydrogens is 384 g/mol. The van der Waals surface area contributed by atoms with Gasteiger partial charge < -0.3 is 14.5 Å². The Labute approximate surface area is 171 Å². The van der Waals surface area contributed by atoms with Crippen LogP contribution in [-0.4, -0.2) is 53.9 Å². The average molecular weight is 406 g/mol. The van der Waals surface area contributed by atoms with E-state index in [0.717, 1.165) is 29.7 Å². The molecule has 0 amide bonds. The summed E-state index contributed by atoms with van der Waals surface area (Å²) in [6.45, 7) is 3.29. The van der Waals surface area contributed by atoms with Gasteiger partial charge in [-0.1, -0.05) is 0 Å². The van der Waals surface area contributed by atoms with Crippen molar-refractivity contribution in [1.29, 1.82) is 0 Å². The summed E-state index contributed by atoms with van der Waals surface area (Å²) < 4.78 is 11.0. The van der Waals surface area contributed by atoms with Crippen LogP contribution in [0.15, 0.2) is 35.6 Å². The molecule has 30 heavy (non-hydrogen) atoms. The number of nitrogens with one attached hydrogen (secondary N) is 1. The number of aryl methyl sites for hydroxylation is 2. The van der Waals surface area contributed by atoms with Crippen LogP contribution < -0.4 is 16.0 Å². The summed E-state index contributed by atoms with van der Waals surface area (Å²) in [5.74, 6) is 0.449. The molecule has 4 aromatic heterocycles. The second kappa shape index (κ2) is 6.30. The molecule has 2 aliphatic heterocycles. The first-order valence-electron chi connectivity index (χ1n) is 10.1. The Bertz CT molecular complexity index is 1320. The van der Waals surface area contributed by atoms with Crippen LogP contribution in [0, 0.1) is 6.92 Å². The Hall–Kier alpha value is -3.40. The smallest absolute Gasteiger partial charge is 0.349 e. The van der Waals surface area contributed by atoms with Crippen LogP contribution >= 0.6 is 0 Å². The lowest BCUT2D eigenvalue weighted by molar-refractivity contribution is 0.0761. The zero-order valence-corrected chi connectivity index (χ0v) is 16.8. The van der Waals surface area contributed by atoms with E-state index in [2.05, 4.69) is 20.3 Å². The molecule has 0 aliphatic carbocycles. The fourth-order valence-electron chi connectivity index (χ4n) is 4.61. The molecule has 2 fully saturated rings. The van der Waals surface area contributed by atoms with Gasteiger partial charge >= 0.3 is 5.69 Å². The van der Waals surface area contributed by atoms with Gasteiger partial charge in [0.25, 0.3) is 0 Å². The van der Waals surface area contributed by atoms with Gasteiger partial charge in [0.15, 0.2) is 5.65 Å². The van der Waals surface area contributed by atoms with E-state index in [9.17, 15) is 4.79 Å². The lowest BCUT2D eigenvalue weighted by Gasteiger charge is -2.36. The molecule has 0 aromatic carbocycles. The van der Waals surface area contributed by atoms with Crippen molar-refractivity contribution in [1.82, 2.24) is 28.6 Å². The molecule has 4 aromatic rings. The van der Waals surface area contributed by atoms with Crippen molar-refractivity contribution in [3.05, 3.63) is 46.9 Å². The van der Waals surface area contributed by atoms with E-state index >= 15 is 0 Å². The largest absolute Gasteiger partial charge is 0.377 e. The van der Waals surface area contributed by atoms with Crippen molar-refractivity contribution in [2.45, 2.75) is 31.8 Å². The third-order valence-electron chi connectivity index (χ3n) is 6.20. The van der Waals surface area contributed by atoms with Crippen LogP contribution in [0.3, 0.4) is 0 Å². The fraction of sp³-hybridized carbons (Fsp3) is 0.400. The van der Waals surface area contributed by atoms with Crippen molar-refractivity contribution >= 4 is 28.4 Å². The highest BCUT2D eigenvalue weighted by Crippen LogP contribution is 2.28. The molecule has 10 nitrogen and oxygen atoms in total. The molecule has 0 spiro atoms. The van der Waals surface area contributed by atoms with Gasteiger partial charge in [0, 0.05) is 25.6 Å². The van der Waals surface area contributed by atoms with Gasteiger partial charge in [0.05, 0.1) is 37.2 Å². The summed E-state index contributed by atoms with van der Waals surface area (Å²) in [6, 6.07) is 2.40. The van der Waals surface area contributed by atoms with Crippen molar-refractivity contribution in [3.8, 4) is 0 Å². The third-order valence-corrected chi connectivity index (χ3v) is 6.20. The maximum Gasteiger partial charge on any atom is 0.349 e.